The summed E-state index contributed by atoms with van der Waals surface area (Å²) >= 11 is 0. The summed E-state index contributed by atoms with van der Waals surface area (Å²) < 4.78 is 23.7. The Morgan fingerprint density at radius 3 is 2.25 bits per heavy atom. The number of allylic oxidation sites excluding steroid dienone is 2. The summed E-state index contributed by atoms with van der Waals surface area (Å²) in [5, 5.41) is 67.5. The molecule has 0 aromatic heterocycles. The van der Waals surface area contributed by atoms with Gasteiger partial charge < -0.3 is 49.8 Å². The van der Waals surface area contributed by atoms with Gasteiger partial charge in [0, 0.05) is 93.9 Å². The molecule has 0 radical (unpaired) electrons. The Kier molecular flexibility index (Phi) is 15.0. The Hall–Kier alpha value is -5.94. The average molecular weight is 899 g/mol. The number of aromatic hydroxyl groups is 3. The number of phenols is 3. The Morgan fingerprint density at radius 1 is 0.923 bits per heavy atom. The Morgan fingerprint density at radius 2 is 1.60 bits per heavy atom. The number of methoxy groups -OCH3 is 1. The maximum absolute atomic E-state index is 14.6. The summed E-state index contributed by atoms with van der Waals surface area (Å²) in [5.74, 6) is -8.42. The number of amides is 1. The van der Waals surface area contributed by atoms with Crippen LogP contribution in [0, 0.1) is 30.6 Å². The van der Waals surface area contributed by atoms with Gasteiger partial charge in [0.2, 0.25) is 0 Å². The van der Waals surface area contributed by atoms with Crippen LogP contribution in [0.2, 0.25) is 0 Å². The monoisotopic (exact) mass is 898 g/mol. The molecule has 350 valence electrons. The lowest BCUT2D eigenvalue weighted by Gasteiger charge is -2.38. The van der Waals surface area contributed by atoms with Crippen molar-refractivity contribution < 1.29 is 58.9 Å². The van der Waals surface area contributed by atoms with Crippen molar-refractivity contribution in [2.24, 2.45) is 28.8 Å². The van der Waals surface area contributed by atoms with E-state index in [1.807, 2.05) is 18.2 Å². The molecule has 0 spiro atoms. The second kappa shape index (κ2) is 20.1. The zero-order chi connectivity index (χ0) is 47.5. The number of carbonyl (C=O) groups excluding carboxylic acids is 3. The van der Waals surface area contributed by atoms with Crippen molar-refractivity contribution in [1.82, 2.24) is 9.91 Å². The maximum Gasteiger partial charge on any atom is 0.312 e. The van der Waals surface area contributed by atoms with Crippen LogP contribution in [-0.2, 0) is 30.3 Å². The highest BCUT2D eigenvalue weighted by Gasteiger charge is 2.50. The van der Waals surface area contributed by atoms with Gasteiger partial charge in [-0.3, -0.25) is 24.3 Å². The molecule has 65 heavy (non-hydrogen) atoms. The van der Waals surface area contributed by atoms with Crippen LogP contribution in [0.3, 0.4) is 0 Å². The number of anilines is 1. The van der Waals surface area contributed by atoms with Crippen molar-refractivity contribution in [2.75, 3.05) is 38.6 Å². The number of hydrazone groups is 1. The van der Waals surface area contributed by atoms with E-state index in [9.17, 15) is 39.9 Å². The molecule has 6 N–H and O–H groups in total. The first-order valence-electron chi connectivity index (χ1n) is 21.9. The quantitative estimate of drug-likeness (QED) is 0.0734. The van der Waals surface area contributed by atoms with E-state index in [0.29, 0.717) is 26.2 Å². The SMILES string of the molecule is CO[C@@H]1C=CO[C@@]2(C)Oc3c(C)c(O)c4c(O)c(c(C=NN5CCN(Cc6ccccc6)CC5)c(O)c4c3C2=O)NC(=O)C(C)=CC=C[C@H](C)[C@H](O)[C@H](C)[C@H](O)[C@H](C)[C@@H](OC(C)=O)[C@H]1C. The molecular formula is C49H62N4O12. The topological polar surface area (TPSA) is 220 Å². The van der Waals surface area contributed by atoms with Gasteiger partial charge in [-0.2, -0.15) is 5.10 Å². The number of aliphatic hydroxyl groups is 2. The number of benzene rings is 3. The fourth-order valence-electron chi connectivity index (χ4n) is 8.86. The van der Waals surface area contributed by atoms with Gasteiger partial charge in [0.25, 0.3) is 11.7 Å². The normalized spacial score (nSPS) is 28.4. The third kappa shape index (κ3) is 10.0. The number of esters is 1. The van der Waals surface area contributed by atoms with Crippen LogP contribution in [-0.4, -0.2) is 123 Å². The van der Waals surface area contributed by atoms with Gasteiger partial charge in [0.15, 0.2) is 5.75 Å². The number of phenolic OH excluding ortho intramolecular Hbond substituents is 3. The number of nitrogens with zero attached hydrogens (tertiary/aromatic N) is 3. The number of rotatable bonds is 6. The van der Waals surface area contributed by atoms with Crippen LogP contribution >= 0.6 is 0 Å². The molecule has 16 nitrogen and oxygen atoms in total. The minimum Gasteiger partial charge on any atom is -0.507 e. The van der Waals surface area contributed by atoms with E-state index in [0.717, 1.165) is 6.54 Å². The molecule has 0 unspecified atom stereocenters. The molecule has 0 saturated carbocycles. The Balaban J connectivity index is 1.46. The molecule has 7 rings (SSSR count). The molecular weight excluding hydrogens is 837 g/mol. The number of fused-ring (bicyclic) bond motifs is 14. The molecule has 0 aliphatic carbocycles. The van der Waals surface area contributed by atoms with E-state index < -0.39 is 88.8 Å². The molecule has 4 aliphatic rings. The van der Waals surface area contributed by atoms with Crippen molar-refractivity contribution >= 4 is 40.3 Å². The van der Waals surface area contributed by atoms with Gasteiger partial charge in [-0.25, -0.2) is 0 Å². The second-order valence-electron chi connectivity index (χ2n) is 17.6. The summed E-state index contributed by atoms with van der Waals surface area (Å²) in [6.07, 6.45) is 4.87. The predicted molar refractivity (Wildman–Crippen MR) is 245 cm³/mol. The van der Waals surface area contributed by atoms with Crippen LogP contribution in [0.4, 0.5) is 5.69 Å². The number of ketones is 1. The van der Waals surface area contributed by atoms with Gasteiger partial charge >= 0.3 is 11.8 Å². The molecule has 1 saturated heterocycles. The summed E-state index contributed by atoms with van der Waals surface area (Å²) in [5.41, 5.74) is 0.808. The van der Waals surface area contributed by atoms with Crippen LogP contribution in [0.5, 0.6) is 23.0 Å². The molecule has 1 fully saturated rings. The van der Waals surface area contributed by atoms with E-state index in [1.165, 1.54) is 65.0 Å². The Bertz CT molecular complexity index is 2390. The summed E-state index contributed by atoms with van der Waals surface area (Å²) in [4.78, 5) is 43.1. The molecule has 4 aliphatic heterocycles. The summed E-state index contributed by atoms with van der Waals surface area (Å²) in [7, 11) is 1.44. The van der Waals surface area contributed by atoms with Crippen molar-refractivity contribution in [1.29, 1.82) is 0 Å². The highest BCUT2D eigenvalue weighted by molar-refractivity contribution is 6.23. The van der Waals surface area contributed by atoms with Gasteiger partial charge in [-0.05, 0) is 25.5 Å². The zero-order valence-corrected chi connectivity index (χ0v) is 38.4. The average Bonchev–Trinajstić information content (AvgIpc) is 3.55. The van der Waals surface area contributed by atoms with Gasteiger partial charge in [0.05, 0.1) is 53.0 Å². The molecule has 3 aromatic rings. The van der Waals surface area contributed by atoms with Crippen molar-refractivity contribution in [3.05, 3.63) is 88.7 Å². The predicted octanol–water partition coefficient (Wildman–Crippen LogP) is 5.91. The van der Waals surface area contributed by atoms with Crippen LogP contribution < -0.4 is 10.1 Å². The van der Waals surface area contributed by atoms with Crippen molar-refractivity contribution in [3.63, 3.8) is 0 Å². The number of Topliss-reactive ketones (excluding diaryl/α,β-unsaturated/α-hetero) is 1. The number of aliphatic hydroxyl groups excluding tert-OH is 2. The van der Waals surface area contributed by atoms with Crippen molar-refractivity contribution in [3.8, 4) is 23.0 Å². The van der Waals surface area contributed by atoms with E-state index in [1.54, 1.807) is 44.9 Å². The third-order valence-corrected chi connectivity index (χ3v) is 13.0. The van der Waals surface area contributed by atoms with E-state index in [4.69, 9.17) is 18.9 Å². The van der Waals surface area contributed by atoms with E-state index in [-0.39, 0.29) is 44.5 Å². The lowest BCUT2D eigenvalue weighted by Crippen LogP contribution is -2.46. The van der Waals surface area contributed by atoms with Crippen molar-refractivity contribution in [2.45, 2.75) is 92.1 Å². The number of carbonyl (C=O) groups is 3. The maximum atomic E-state index is 14.6. The highest BCUT2D eigenvalue weighted by Crippen LogP contribution is 2.55. The largest absolute Gasteiger partial charge is 0.507 e. The van der Waals surface area contributed by atoms with E-state index in [2.05, 4.69) is 27.5 Å². The molecule has 16 heteroatoms. The second-order valence-corrected chi connectivity index (χ2v) is 17.6. The Labute approximate surface area is 379 Å². The first-order chi connectivity index (χ1) is 30.8. The molecule has 5 bridgehead atoms. The third-order valence-electron chi connectivity index (χ3n) is 13.0. The molecule has 9 atom stereocenters. The lowest BCUT2D eigenvalue weighted by atomic mass is 9.78. The summed E-state index contributed by atoms with van der Waals surface area (Å²) in [6.45, 7) is 15.8. The van der Waals surface area contributed by atoms with E-state index >= 15 is 0 Å². The molecule has 3 aromatic carbocycles. The zero-order valence-electron chi connectivity index (χ0n) is 38.4. The van der Waals surface area contributed by atoms with Crippen LogP contribution in [0.15, 0.2) is 71.6 Å². The molecule has 1 amide bonds. The first kappa shape index (κ1) is 48.5. The lowest BCUT2D eigenvalue weighted by molar-refractivity contribution is -0.160. The van der Waals surface area contributed by atoms with Gasteiger partial charge in [0.1, 0.15) is 23.4 Å². The minimum absolute atomic E-state index is 0.0522. The number of nitrogens with one attached hydrogen (secondary N) is 1. The number of hydrogen-bond donors (Lipinski definition) is 6. The first-order valence-corrected chi connectivity index (χ1v) is 21.9. The molecule has 4 heterocycles. The van der Waals surface area contributed by atoms with Gasteiger partial charge in [-0.1, -0.05) is 76.3 Å². The highest BCUT2D eigenvalue weighted by atomic mass is 16.7. The number of hydrogen-bond acceptors (Lipinski definition) is 15. The number of ether oxygens (including phenoxy) is 4. The smallest absolute Gasteiger partial charge is 0.312 e. The van der Waals surface area contributed by atoms with Gasteiger partial charge in [-0.15, -0.1) is 0 Å². The minimum atomic E-state index is -2.06. The fourth-order valence-corrected chi connectivity index (χ4v) is 8.86. The van der Waals surface area contributed by atoms with Crippen LogP contribution in [0.1, 0.15) is 75.5 Å². The number of piperazine rings is 1. The standard InChI is InChI=1S/C49H62N4O12/c1-26-14-13-15-27(2)48(61)51-39-34(24-50-53-21-19-52(20-22-53)25-33-16-11-10-12-17-33)43(58)36-37(44(39)59)42(57)31(6)46-38(36)47(60)49(8,65-46)63-23-18-35(62-9)28(3)45(64-32(7)54)30(5)41(56)29(4)40(26)55/h10-18,23-24,26,28-30,35,40-41,45,55-59H,19-22,25H2,1-9H3,(H,51,61)/t26-,28-,29-,30-,35+,40-,41-,45-,49-/m0/s1. The summed E-state index contributed by atoms with van der Waals surface area (Å²) in [6, 6.07) is 10.1. The van der Waals surface area contributed by atoms with Crippen LogP contribution in [0.25, 0.3) is 10.8 Å². The fraction of sp³-hybridized carbons (Fsp3) is 0.469.